The average Bonchev–Trinajstić information content (AvgIpc) is 2.61. The van der Waals surface area contributed by atoms with Crippen molar-refractivity contribution in [1.29, 1.82) is 0 Å². The van der Waals surface area contributed by atoms with Crippen LogP contribution < -0.4 is 0 Å². The van der Waals surface area contributed by atoms with Crippen molar-refractivity contribution < 1.29 is 0 Å². The average molecular weight is 240 g/mol. The topological polar surface area (TPSA) is 0 Å². The Morgan fingerprint density at radius 3 is 2.39 bits per heavy atom. The molecular formula is C18H24. The van der Waals surface area contributed by atoms with Crippen LogP contribution in [0.25, 0.3) is 5.57 Å². The maximum absolute atomic E-state index is 2.44. The molecule has 0 fully saturated rings. The summed E-state index contributed by atoms with van der Waals surface area (Å²) in [6, 6.07) is 6.89. The third kappa shape index (κ3) is 1.84. The zero-order valence-electron chi connectivity index (χ0n) is 12.3. The van der Waals surface area contributed by atoms with Gasteiger partial charge in [-0.15, -0.1) is 0 Å². The Bertz CT molecular complexity index is 513. The minimum Gasteiger partial charge on any atom is -0.0795 e. The summed E-state index contributed by atoms with van der Waals surface area (Å²) < 4.78 is 0. The molecule has 3 rings (SSSR count). The Morgan fingerprint density at radius 1 is 1.00 bits per heavy atom. The Labute approximate surface area is 111 Å². The zero-order chi connectivity index (χ0) is 13.3. The molecule has 0 amide bonds. The fourth-order valence-electron chi connectivity index (χ4n) is 3.09. The van der Waals surface area contributed by atoms with Gasteiger partial charge >= 0.3 is 0 Å². The fourth-order valence-corrected chi connectivity index (χ4v) is 3.09. The van der Waals surface area contributed by atoms with Gasteiger partial charge in [0, 0.05) is 5.41 Å². The monoisotopic (exact) mass is 240 g/mol. The van der Waals surface area contributed by atoms with Gasteiger partial charge in [0.05, 0.1) is 0 Å². The van der Waals surface area contributed by atoms with Gasteiger partial charge in [0.1, 0.15) is 0 Å². The van der Waals surface area contributed by atoms with E-state index in [2.05, 4.69) is 51.1 Å². The second kappa shape index (κ2) is 4.76. The van der Waals surface area contributed by atoms with E-state index in [1.165, 1.54) is 35.1 Å². The summed E-state index contributed by atoms with van der Waals surface area (Å²) in [5.74, 6) is 0. The Morgan fingerprint density at radius 2 is 1.67 bits per heavy atom. The van der Waals surface area contributed by atoms with Crippen molar-refractivity contribution >= 4 is 5.57 Å². The normalized spacial score (nSPS) is 18.9. The van der Waals surface area contributed by atoms with Crippen LogP contribution in [-0.4, -0.2) is 0 Å². The summed E-state index contributed by atoms with van der Waals surface area (Å²) in [6.07, 6.45) is 7.25. The minimum absolute atomic E-state index is 0.204. The second-order valence-electron chi connectivity index (χ2n) is 5.49. The summed E-state index contributed by atoms with van der Waals surface area (Å²) in [7, 11) is 0. The van der Waals surface area contributed by atoms with E-state index >= 15 is 0 Å². The maximum Gasteiger partial charge on any atom is 0.0155 e. The molecule has 0 unspecified atom stereocenters. The van der Waals surface area contributed by atoms with Crippen molar-refractivity contribution in [2.45, 2.75) is 52.9 Å². The summed E-state index contributed by atoms with van der Waals surface area (Å²) in [4.78, 5) is 0. The maximum atomic E-state index is 2.44. The molecular weight excluding hydrogens is 216 g/mol. The molecule has 18 heavy (non-hydrogen) atoms. The third-order valence-electron chi connectivity index (χ3n) is 3.97. The molecule has 0 saturated heterocycles. The molecule has 1 aromatic carbocycles. The summed E-state index contributed by atoms with van der Waals surface area (Å²) in [5.41, 5.74) is 7.57. The van der Waals surface area contributed by atoms with Crippen LogP contribution in [0.4, 0.5) is 0 Å². The Hall–Kier alpha value is -1.30. The molecule has 0 spiro atoms. The number of hydrogen-bond donors (Lipinski definition) is 0. The van der Waals surface area contributed by atoms with Gasteiger partial charge in [-0.3, -0.25) is 0 Å². The molecule has 0 heterocycles. The van der Waals surface area contributed by atoms with Gasteiger partial charge in [-0.1, -0.05) is 63.6 Å². The van der Waals surface area contributed by atoms with Crippen molar-refractivity contribution in [2.24, 2.45) is 0 Å². The molecule has 0 saturated carbocycles. The van der Waals surface area contributed by atoms with Crippen molar-refractivity contribution in [3.8, 4) is 0 Å². The van der Waals surface area contributed by atoms with E-state index < -0.39 is 0 Å². The van der Waals surface area contributed by atoms with E-state index in [9.17, 15) is 0 Å². The number of benzene rings is 1. The van der Waals surface area contributed by atoms with E-state index in [-0.39, 0.29) is 5.41 Å². The Kier molecular flexibility index (Phi) is 3.47. The molecule has 0 aromatic heterocycles. The van der Waals surface area contributed by atoms with Crippen LogP contribution >= 0.6 is 0 Å². The predicted octanol–water partition coefficient (Wildman–Crippen LogP) is 5.42. The van der Waals surface area contributed by atoms with Gasteiger partial charge in [0.2, 0.25) is 0 Å². The lowest BCUT2D eigenvalue weighted by Gasteiger charge is -2.23. The molecule has 0 nitrogen and oxygen atoms in total. The fraction of sp³-hybridized carbons (Fsp3) is 0.444. The lowest BCUT2D eigenvalue weighted by atomic mass is 9.80. The van der Waals surface area contributed by atoms with Gasteiger partial charge in [-0.05, 0) is 42.0 Å². The number of fused-ring (bicyclic) bond motifs is 3. The van der Waals surface area contributed by atoms with Gasteiger partial charge in [-0.2, -0.15) is 0 Å². The van der Waals surface area contributed by atoms with Crippen LogP contribution in [0.5, 0.6) is 0 Å². The van der Waals surface area contributed by atoms with Crippen LogP contribution in [0.3, 0.4) is 0 Å². The molecule has 96 valence electrons. The van der Waals surface area contributed by atoms with E-state index in [0.29, 0.717) is 0 Å². The van der Waals surface area contributed by atoms with Crippen LogP contribution in [0.1, 0.15) is 57.2 Å². The first-order valence-electron chi connectivity index (χ1n) is 7.13. The Balaban J connectivity index is 0.000000574. The molecule has 1 aromatic rings. The van der Waals surface area contributed by atoms with E-state index in [4.69, 9.17) is 0 Å². The molecule has 0 atom stereocenters. The van der Waals surface area contributed by atoms with Crippen molar-refractivity contribution in [2.75, 3.05) is 0 Å². The van der Waals surface area contributed by atoms with Crippen molar-refractivity contribution in [3.63, 3.8) is 0 Å². The molecule has 2 aliphatic rings. The van der Waals surface area contributed by atoms with Gasteiger partial charge in [0.25, 0.3) is 0 Å². The van der Waals surface area contributed by atoms with E-state index in [1.807, 2.05) is 13.8 Å². The van der Waals surface area contributed by atoms with Crippen molar-refractivity contribution in [1.82, 2.24) is 0 Å². The molecule has 0 radical (unpaired) electrons. The smallest absolute Gasteiger partial charge is 0.0155 e. The predicted molar refractivity (Wildman–Crippen MR) is 80.8 cm³/mol. The van der Waals surface area contributed by atoms with Crippen LogP contribution in [0.15, 0.2) is 35.9 Å². The zero-order valence-corrected chi connectivity index (χ0v) is 12.3. The minimum atomic E-state index is 0.204. The van der Waals surface area contributed by atoms with E-state index in [1.54, 1.807) is 5.57 Å². The quantitative estimate of drug-likeness (QED) is 0.568. The van der Waals surface area contributed by atoms with Crippen LogP contribution in [0.2, 0.25) is 0 Å². The number of allylic oxidation sites excluding steroid dienone is 4. The largest absolute Gasteiger partial charge is 0.0795 e. The first kappa shape index (κ1) is 13.1. The highest BCUT2D eigenvalue weighted by molar-refractivity contribution is 5.90. The van der Waals surface area contributed by atoms with Crippen LogP contribution in [0, 0.1) is 6.92 Å². The van der Waals surface area contributed by atoms with Gasteiger partial charge < -0.3 is 0 Å². The molecule has 0 aliphatic heterocycles. The molecule has 0 bridgehead atoms. The van der Waals surface area contributed by atoms with Gasteiger partial charge in [-0.25, -0.2) is 0 Å². The highest BCUT2D eigenvalue weighted by Crippen LogP contribution is 2.51. The first-order chi connectivity index (χ1) is 8.60. The van der Waals surface area contributed by atoms with Crippen molar-refractivity contribution in [3.05, 3.63) is 52.6 Å². The lowest BCUT2D eigenvalue weighted by molar-refractivity contribution is 0.654. The number of rotatable bonds is 0. The standard InChI is InChI=1S/C16H18.C2H6/c1-11-8-9-15-13(10-11)12-6-4-5-7-14(12)16(15,2)3;1-2/h6-10H,4-5H2,1-3H3;1-2H3. The van der Waals surface area contributed by atoms with Gasteiger partial charge in [0.15, 0.2) is 0 Å². The third-order valence-corrected chi connectivity index (χ3v) is 3.97. The molecule has 0 heteroatoms. The first-order valence-corrected chi connectivity index (χ1v) is 7.13. The SMILES string of the molecule is CC.Cc1ccc2c(c1)C1=CCCC=C1C2(C)C. The number of hydrogen-bond acceptors (Lipinski definition) is 0. The second-order valence-corrected chi connectivity index (χ2v) is 5.49. The highest BCUT2D eigenvalue weighted by Gasteiger charge is 2.38. The highest BCUT2D eigenvalue weighted by atomic mass is 14.4. The summed E-state index contributed by atoms with van der Waals surface area (Å²) in [5, 5.41) is 0. The number of aryl methyl sites for hydroxylation is 1. The lowest BCUT2D eigenvalue weighted by Crippen LogP contribution is -2.15. The summed E-state index contributed by atoms with van der Waals surface area (Å²) in [6.45, 7) is 10.9. The molecule has 2 aliphatic carbocycles. The summed E-state index contributed by atoms with van der Waals surface area (Å²) >= 11 is 0. The molecule has 0 N–H and O–H groups in total. The van der Waals surface area contributed by atoms with E-state index in [0.717, 1.165) is 0 Å². The van der Waals surface area contributed by atoms with Crippen LogP contribution in [-0.2, 0) is 5.41 Å².